The van der Waals surface area contributed by atoms with Gasteiger partial charge >= 0.3 is 0 Å². The molecule has 0 bridgehead atoms. The Morgan fingerprint density at radius 3 is 1.23 bits per heavy atom. The van der Waals surface area contributed by atoms with Crippen LogP contribution in [-0.4, -0.2) is 0 Å². The van der Waals surface area contributed by atoms with Crippen LogP contribution in [0.15, 0.2) is 103 Å². The summed E-state index contributed by atoms with van der Waals surface area (Å²) in [6.07, 6.45) is 9.42. The first kappa shape index (κ1) is 30.4. The summed E-state index contributed by atoms with van der Waals surface area (Å²) in [5.74, 6) is -1.62. The highest BCUT2D eigenvalue weighted by Crippen LogP contribution is 2.34. The van der Waals surface area contributed by atoms with E-state index < -0.39 is 11.6 Å². The van der Waals surface area contributed by atoms with Crippen molar-refractivity contribution in [3.63, 3.8) is 0 Å². The van der Waals surface area contributed by atoms with Crippen LogP contribution in [0.2, 0.25) is 0 Å². The molecule has 0 aliphatic carbocycles. The van der Waals surface area contributed by atoms with Crippen molar-refractivity contribution in [2.75, 3.05) is 0 Å². The van der Waals surface area contributed by atoms with Crippen LogP contribution in [0, 0.1) is 18.6 Å². The van der Waals surface area contributed by atoms with Crippen LogP contribution in [0.3, 0.4) is 0 Å². The van der Waals surface area contributed by atoms with Crippen LogP contribution in [-0.2, 0) is 12.8 Å². The average molecular weight is 573 g/mol. The Hall–Kier alpha value is -4.04. The quantitative estimate of drug-likeness (QED) is 0.130. The summed E-state index contributed by atoms with van der Waals surface area (Å²) in [6.45, 7) is 6.56. The minimum absolute atomic E-state index is 0.272. The van der Waals surface area contributed by atoms with Gasteiger partial charge in [0.2, 0.25) is 0 Å². The second kappa shape index (κ2) is 14.4. The number of aryl methyl sites for hydroxylation is 3. The van der Waals surface area contributed by atoms with Gasteiger partial charge < -0.3 is 0 Å². The maximum Gasteiger partial charge on any atom is 0.167 e. The number of hydrogen-bond donors (Lipinski definition) is 0. The monoisotopic (exact) mass is 572 g/mol. The van der Waals surface area contributed by atoms with Gasteiger partial charge in [-0.25, -0.2) is 8.78 Å². The summed E-state index contributed by atoms with van der Waals surface area (Å²) in [4.78, 5) is 0. The summed E-state index contributed by atoms with van der Waals surface area (Å²) in [6, 6.07) is 34.4. The number of halogens is 2. The van der Waals surface area contributed by atoms with Gasteiger partial charge in [-0.05, 0) is 82.7 Å². The van der Waals surface area contributed by atoms with Gasteiger partial charge in [0.05, 0.1) is 0 Å². The third-order valence-electron chi connectivity index (χ3n) is 8.51. The molecule has 2 heteroatoms. The number of unbranched alkanes of at least 4 members (excludes halogenated alkanes) is 4. The maximum atomic E-state index is 15.3. The minimum atomic E-state index is -0.811. The Kier molecular flexibility index (Phi) is 10.2. The van der Waals surface area contributed by atoms with Crippen LogP contribution in [0.4, 0.5) is 8.78 Å². The molecule has 0 aliphatic rings. The summed E-state index contributed by atoms with van der Waals surface area (Å²) in [5, 5.41) is 0. The lowest BCUT2D eigenvalue weighted by Crippen LogP contribution is -1.94. The molecule has 0 heterocycles. The molecule has 5 aromatic rings. The highest BCUT2D eigenvalue weighted by molar-refractivity contribution is 5.77. The van der Waals surface area contributed by atoms with E-state index in [0.29, 0.717) is 16.7 Å². The van der Waals surface area contributed by atoms with E-state index in [9.17, 15) is 0 Å². The fourth-order valence-corrected chi connectivity index (χ4v) is 5.86. The zero-order valence-corrected chi connectivity index (χ0v) is 25.7. The molecule has 0 saturated carbocycles. The predicted molar refractivity (Wildman–Crippen MR) is 179 cm³/mol. The molecule has 5 rings (SSSR count). The highest BCUT2D eigenvalue weighted by atomic mass is 19.2. The van der Waals surface area contributed by atoms with E-state index >= 15 is 8.78 Å². The van der Waals surface area contributed by atoms with Gasteiger partial charge in [0.1, 0.15) is 0 Å². The molecule has 0 atom stereocenters. The molecular weight excluding hydrogens is 530 g/mol. The van der Waals surface area contributed by atoms with Gasteiger partial charge in [-0.1, -0.05) is 143 Å². The SMILES string of the molecule is CCCCCc1ccc(-c2ccc(-c3ccc(-c4ccc(-c5ccc(CCCCC)cc5)c(F)c4F)cc3)cc2C)cc1. The molecule has 220 valence electrons. The van der Waals surface area contributed by atoms with E-state index in [2.05, 4.69) is 63.2 Å². The summed E-state index contributed by atoms with van der Waals surface area (Å²) in [5.41, 5.74) is 10.3. The number of rotatable bonds is 12. The van der Waals surface area contributed by atoms with Crippen molar-refractivity contribution in [1.82, 2.24) is 0 Å². The molecule has 0 nitrogen and oxygen atoms in total. The largest absolute Gasteiger partial charge is 0.203 e. The van der Waals surface area contributed by atoms with Crippen LogP contribution < -0.4 is 0 Å². The summed E-state index contributed by atoms with van der Waals surface area (Å²) in [7, 11) is 0. The van der Waals surface area contributed by atoms with E-state index in [1.807, 2.05) is 48.5 Å². The average Bonchev–Trinajstić information content (AvgIpc) is 3.04. The predicted octanol–water partition coefficient (Wildman–Crippen LogP) is 12.4. The van der Waals surface area contributed by atoms with Crippen LogP contribution in [0.1, 0.15) is 69.1 Å². The van der Waals surface area contributed by atoms with E-state index in [-0.39, 0.29) is 5.56 Å². The van der Waals surface area contributed by atoms with Crippen LogP contribution in [0.5, 0.6) is 0 Å². The molecule has 0 amide bonds. The van der Waals surface area contributed by atoms with Gasteiger partial charge in [-0.3, -0.25) is 0 Å². The van der Waals surface area contributed by atoms with E-state index in [4.69, 9.17) is 0 Å². The molecule has 0 saturated heterocycles. The Bertz CT molecular complexity index is 1630. The molecule has 0 N–H and O–H groups in total. The number of hydrogen-bond acceptors (Lipinski definition) is 0. The first-order chi connectivity index (χ1) is 21.0. The fourth-order valence-electron chi connectivity index (χ4n) is 5.86. The topological polar surface area (TPSA) is 0 Å². The van der Waals surface area contributed by atoms with E-state index in [1.165, 1.54) is 59.9 Å². The van der Waals surface area contributed by atoms with Crippen molar-refractivity contribution in [2.24, 2.45) is 0 Å². The van der Waals surface area contributed by atoms with Crippen LogP contribution in [0.25, 0.3) is 44.5 Å². The molecule has 0 radical (unpaired) electrons. The minimum Gasteiger partial charge on any atom is -0.203 e. The van der Waals surface area contributed by atoms with Crippen molar-refractivity contribution in [2.45, 2.75) is 72.1 Å². The van der Waals surface area contributed by atoms with Crippen LogP contribution >= 0.6 is 0 Å². The molecule has 0 aliphatic heterocycles. The molecule has 43 heavy (non-hydrogen) atoms. The van der Waals surface area contributed by atoms with E-state index in [0.717, 1.165) is 30.4 Å². The lowest BCUT2D eigenvalue weighted by Gasteiger charge is -2.12. The first-order valence-electron chi connectivity index (χ1n) is 15.9. The lowest BCUT2D eigenvalue weighted by atomic mass is 9.93. The third kappa shape index (κ3) is 7.31. The molecular formula is C41H42F2. The van der Waals surface area contributed by atoms with Crippen molar-refractivity contribution in [3.8, 4) is 44.5 Å². The van der Waals surface area contributed by atoms with Gasteiger partial charge in [0.15, 0.2) is 11.6 Å². The van der Waals surface area contributed by atoms with Gasteiger partial charge in [-0.15, -0.1) is 0 Å². The Morgan fingerprint density at radius 1 is 0.419 bits per heavy atom. The first-order valence-corrected chi connectivity index (χ1v) is 15.9. The van der Waals surface area contributed by atoms with Crippen molar-refractivity contribution < 1.29 is 8.78 Å². The summed E-state index contributed by atoms with van der Waals surface area (Å²) < 4.78 is 30.6. The van der Waals surface area contributed by atoms with Gasteiger partial charge in [0.25, 0.3) is 0 Å². The second-order valence-corrected chi connectivity index (χ2v) is 11.7. The van der Waals surface area contributed by atoms with Gasteiger partial charge in [-0.2, -0.15) is 0 Å². The van der Waals surface area contributed by atoms with Crippen molar-refractivity contribution in [3.05, 3.63) is 131 Å². The number of benzene rings is 5. The zero-order chi connectivity index (χ0) is 30.2. The fraction of sp³-hybridized carbons (Fsp3) is 0.268. The lowest BCUT2D eigenvalue weighted by molar-refractivity contribution is 0.514. The van der Waals surface area contributed by atoms with E-state index in [1.54, 1.807) is 12.1 Å². The van der Waals surface area contributed by atoms with Crippen molar-refractivity contribution in [1.29, 1.82) is 0 Å². The summed E-state index contributed by atoms with van der Waals surface area (Å²) >= 11 is 0. The molecule has 0 aromatic heterocycles. The zero-order valence-electron chi connectivity index (χ0n) is 25.7. The Labute approximate surface area is 256 Å². The third-order valence-corrected chi connectivity index (χ3v) is 8.51. The molecule has 0 spiro atoms. The molecule has 5 aromatic carbocycles. The molecule has 0 unspecified atom stereocenters. The highest BCUT2D eigenvalue weighted by Gasteiger charge is 2.16. The normalized spacial score (nSPS) is 11.2. The standard InChI is InChI=1S/C41H42F2/c1-4-6-8-10-30-12-16-33(17-13-30)37-25-24-36(28-29(37)3)32-20-22-35(23-21-32)39-27-26-38(40(42)41(39)43)34-18-14-31(15-19-34)11-9-7-5-2/h12-28H,4-11H2,1-3H3. The molecule has 0 fully saturated rings. The van der Waals surface area contributed by atoms with Crippen molar-refractivity contribution >= 4 is 0 Å². The Balaban J connectivity index is 1.30. The smallest absolute Gasteiger partial charge is 0.167 e. The maximum absolute atomic E-state index is 15.3. The van der Waals surface area contributed by atoms with Gasteiger partial charge in [0, 0.05) is 11.1 Å². The second-order valence-electron chi connectivity index (χ2n) is 11.7. The Morgan fingerprint density at radius 2 is 0.791 bits per heavy atom.